The molecule has 0 bridgehead atoms. The van der Waals surface area contributed by atoms with E-state index in [-0.39, 0.29) is 29.1 Å². The maximum absolute atomic E-state index is 13.0. The summed E-state index contributed by atoms with van der Waals surface area (Å²) in [5, 5.41) is 13.0. The molecular weight excluding hydrogens is 466 g/mol. The fourth-order valence-electron chi connectivity index (χ4n) is 4.94. The van der Waals surface area contributed by atoms with Crippen LogP contribution in [0.1, 0.15) is 67.9 Å². The number of nitrogens with one attached hydrogen (secondary N) is 1. The molecule has 194 valence electrons. The van der Waals surface area contributed by atoms with Gasteiger partial charge < -0.3 is 19.5 Å². The zero-order valence-corrected chi connectivity index (χ0v) is 22.5. The van der Waals surface area contributed by atoms with Crippen LogP contribution in [0.2, 0.25) is 0 Å². The van der Waals surface area contributed by atoms with Gasteiger partial charge in [-0.25, -0.2) is 4.98 Å². The van der Waals surface area contributed by atoms with Crippen molar-refractivity contribution in [3.8, 4) is 11.8 Å². The molecule has 1 atom stereocenters. The minimum absolute atomic E-state index is 0.0362. The molecule has 0 aliphatic carbocycles. The molecule has 37 heavy (non-hydrogen) atoms. The summed E-state index contributed by atoms with van der Waals surface area (Å²) in [5.74, 6) is 0.644. The van der Waals surface area contributed by atoms with Crippen molar-refractivity contribution in [2.24, 2.45) is 18.4 Å². The third-order valence-corrected chi connectivity index (χ3v) is 7.59. The molecule has 1 aromatic carbocycles. The van der Waals surface area contributed by atoms with Gasteiger partial charge in [-0.2, -0.15) is 5.26 Å². The van der Waals surface area contributed by atoms with Gasteiger partial charge in [-0.15, -0.1) is 0 Å². The number of aromatic nitrogens is 2. The first-order valence-corrected chi connectivity index (χ1v) is 12.7. The van der Waals surface area contributed by atoms with Crippen LogP contribution in [0.5, 0.6) is 5.75 Å². The highest BCUT2D eigenvalue weighted by Gasteiger charge is 2.33. The number of nitrogens with zero attached hydrogens (tertiary/aromatic N) is 4. The van der Waals surface area contributed by atoms with Gasteiger partial charge in [0.15, 0.2) is 5.75 Å². The van der Waals surface area contributed by atoms with E-state index in [0.717, 1.165) is 29.4 Å². The van der Waals surface area contributed by atoms with Gasteiger partial charge in [-0.1, -0.05) is 33.8 Å². The highest BCUT2D eigenvalue weighted by atomic mass is 16.5. The number of rotatable bonds is 5. The Labute approximate surface area is 218 Å². The molecule has 2 amide bonds. The Kier molecular flexibility index (Phi) is 7.26. The van der Waals surface area contributed by atoms with Crippen LogP contribution in [-0.2, 0) is 11.8 Å². The lowest BCUT2D eigenvalue weighted by Crippen LogP contribution is -2.43. The summed E-state index contributed by atoms with van der Waals surface area (Å²) >= 11 is 0. The fourth-order valence-corrected chi connectivity index (χ4v) is 4.94. The van der Waals surface area contributed by atoms with Crippen LogP contribution in [0, 0.1) is 22.7 Å². The van der Waals surface area contributed by atoms with Crippen molar-refractivity contribution in [3.63, 3.8) is 0 Å². The SMILES string of the molecule is COc1c(NC(=O)c2cccc(C#N)c2)cnc2c1c(C1CCN(C(=O)[C@@H](C)C(C)(C)C)CC1)cn2C. The zero-order chi connectivity index (χ0) is 26.9. The number of hydrogen-bond acceptors (Lipinski definition) is 5. The Hall–Kier alpha value is -3.86. The monoisotopic (exact) mass is 501 g/mol. The van der Waals surface area contributed by atoms with E-state index in [9.17, 15) is 9.59 Å². The number of carbonyl (C=O) groups is 2. The molecule has 1 saturated heterocycles. The molecule has 1 fully saturated rings. The number of piperidine rings is 1. The van der Waals surface area contributed by atoms with Crippen LogP contribution in [0.4, 0.5) is 5.69 Å². The van der Waals surface area contributed by atoms with Crippen molar-refractivity contribution in [3.05, 3.63) is 53.3 Å². The van der Waals surface area contributed by atoms with Crippen molar-refractivity contribution < 1.29 is 14.3 Å². The molecule has 1 aliphatic rings. The van der Waals surface area contributed by atoms with Crippen LogP contribution < -0.4 is 10.1 Å². The molecule has 2 aromatic heterocycles. The fraction of sp³-hybridized carbons (Fsp3) is 0.448. The smallest absolute Gasteiger partial charge is 0.255 e. The van der Waals surface area contributed by atoms with Crippen LogP contribution in [-0.4, -0.2) is 46.5 Å². The number of nitriles is 1. The summed E-state index contributed by atoms with van der Waals surface area (Å²) in [6.07, 6.45) is 5.39. The second-order valence-electron chi connectivity index (χ2n) is 10.9. The Balaban J connectivity index is 1.61. The molecule has 3 aromatic rings. The number of benzene rings is 1. The number of pyridine rings is 1. The van der Waals surface area contributed by atoms with Gasteiger partial charge in [-0.05, 0) is 47.9 Å². The number of carbonyl (C=O) groups excluding carboxylic acids is 2. The molecule has 3 heterocycles. The number of amides is 2. The summed E-state index contributed by atoms with van der Waals surface area (Å²) in [6.45, 7) is 9.75. The minimum Gasteiger partial charge on any atom is -0.494 e. The predicted octanol–water partition coefficient (Wildman–Crippen LogP) is 5.09. The highest BCUT2D eigenvalue weighted by molar-refractivity contribution is 6.07. The summed E-state index contributed by atoms with van der Waals surface area (Å²) in [4.78, 5) is 32.6. The van der Waals surface area contributed by atoms with E-state index in [1.165, 1.54) is 0 Å². The van der Waals surface area contributed by atoms with Gasteiger partial charge in [0.05, 0.1) is 30.3 Å². The van der Waals surface area contributed by atoms with Crippen LogP contribution >= 0.6 is 0 Å². The number of methoxy groups -OCH3 is 1. The number of hydrogen-bond donors (Lipinski definition) is 1. The van der Waals surface area contributed by atoms with Crippen LogP contribution in [0.25, 0.3) is 11.0 Å². The van der Waals surface area contributed by atoms with Crippen molar-refractivity contribution in [1.29, 1.82) is 5.26 Å². The summed E-state index contributed by atoms with van der Waals surface area (Å²) in [6, 6.07) is 8.61. The molecule has 8 nitrogen and oxygen atoms in total. The summed E-state index contributed by atoms with van der Waals surface area (Å²) in [5.41, 5.74) is 3.09. The van der Waals surface area contributed by atoms with Gasteiger partial charge in [-0.3, -0.25) is 9.59 Å². The average molecular weight is 502 g/mol. The molecule has 4 rings (SSSR count). The highest BCUT2D eigenvalue weighted by Crippen LogP contribution is 2.41. The quantitative estimate of drug-likeness (QED) is 0.525. The largest absolute Gasteiger partial charge is 0.494 e. The molecule has 1 N–H and O–H groups in total. The van der Waals surface area contributed by atoms with Gasteiger partial charge in [0, 0.05) is 37.8 Å². The topological polar surface area (TPSA) is 100 Å². The van der Waals surface area contributed by atoms with E-state index in [1.54, 1.807) is 37.6 Å². The number of fused-ring (bicyclic) bond motifs is 1. The molecule has 0 spiro atoms. The average Bonchev–Trinajstić information content (AvgIpc) is 3.23. The van der Waals surface area contributed by atoms with E-state index >= 15 is 0 Å². The van der Waals surface area contributed by atoms with Gasteiger partial charge in [0.1, 0.15) is 11.3 Å². The number of ether oxygens (including phenoxy) is 1. The van der Waals surface area contributed by atoms with Gasteiger partial charge in [0.25, 0.3) is 5.91 Å². The van der Waals surface area contributed by atoms with Crippen LogP contribution in [0.15, 0.2) is 36.7 Å². The molecule has 0 unspecified atom stereocenters. The Morgan fingerprint density at radius 3 is 2.57 bits per heavy atom. The first-order valence-electron chi connectivity index (χ1n) is 12.7. The Bertz CT molecular complexity index is 1370. The summed E-state index contributed by atoms with van der Waals surface area (Å²) in [7, 11) is 3.54. The van der Waals surface area contributed by atoms with E-state index in [1.807, 2.05) is 23.4 Å². The standard InChI is InChI=1S/C29H35N5O3/c1-18(29(2,3)4)28(36)34-12-10-20(11-13-34)22-17-33(5)26-24(22)25(37-6)23(16-31-26)32-27(35)21-9-7-8-19(14-21)15-30/h7-9,14,16-18,20H,10-13H2,1-6H3,(H,32,35)/t18-/m1/s1. The normalized spacial score (nSPS) is 15.3. The Morgan fingerprint density at radius 1 is 1.24 bits per heavy atom. The molecule has 1 aliphatic heterocycles. The third kappa shape index (κ3) is 5.17. The van der Waals surface area contributed by atoms with E-state index in [4.69, 9.17) is 10.00 Å². The minimum atomic E-state index is -0.339. The maximum atomic E-state index is 13.0. The first kappa shape index (κ1) is 26.2. The molecular formula is C29H35N5O3. The summed E-state index contributed by atoms with van der Waals surface area (Å²) < 4.78 is 7.81. The second-order valence-corrected chi connectivity index (χ2v) is 10.9. The van der Waals surface area contributed by atoms with E-state index in [2.05, 4.69) is 43.3 Å². The van der Waals surface area contributed by atoms with Crippen molar-refractivity contribution in [2.75, 3.05) is 25.5 Å². The van der Waals surface area contributed by atoms with Crippen molar-refractivity contribution in [2.45, 2.75) is 46.5 Å². The predicted molar refractivity (Wildman–Crippen MR) is 144 cm³/mol. The first-order chi connectivity index (χ1) is 17.5. The molecule has 8 heteroatoms. The third-order valence-electron chi connectivity index (χ3n) is 7.59. The van der Waals surface area contributed by atoms with Crippen molar-refractivity contribution in [1.82, 2.24) is 14.5 Å². The molecule has 0 saturated carbocycles. The van der Waals surface area contributed by atoms with Gasteiger partial charge >= 0.3 is 0 Å². The number of likely N-dealkylation sites (tertiary alicyclic amines) is 1. The van der Waals surface area contributed by atoms with Crippen molar-refractivity contribution >= 4 is 28.5 Å². The number of anilines is 1. The van der Waals surface area contributed by atoms with E-state index in [0.29, 0.717) is 35.7 Å². The lowest BCUT2D eigenvalue weighted by molar-refractivity contribution is -0.139. The maximum Gasteiger partial charge on any atom is 0.255 e. The number of aryl methyl sites for hydroxylation is 1. The Morgan fingerprint density at radius 2 is 1.95 bits per heavy atom. The zero-order valence-electron chi connectivity index (χ0n) is 22.5. The molecule has 0 radical (unpaired) electrons. The van der Waals surface area contributed by atoms with Crippen LogP contribution in [0.3, 0.4) is 0 Å². The lowest BCUT2D eigenvalue weighted by Gasteiger charge is -2.36. The van der Waals surface area contributed by atoms with Gasteiger partial charge in [0.2, 0.25) is 5.91 Å². The lowest BCUT2D eigenvalue weighted by atomic mass is 9.80. The second kappa shape index (κ2) is 10.3. The van der Waals surface area contributed by atoms with E-state index < -0.39 is 0 Å².